The van der Waals surface area contributed by atoms with E-state index in [1.54, 1.807) is 43.6 Å². The van der Waals surface area contributed by atoms with Crippen LogP contribution in [-0.4, -0.2) is 15.9 Å². The molecule has 0 aliphatic heterocycles. The molecular weight excluding hydrogens is 266 g/mol. The van der Waals surface area contributed by atoms with Gasteiger partial charge >= 0.3 is 0 Å². The topological polar surface area (TPSA) is 74.8 Å². The summed E-state index contributed by atoms with van der Waals surface area (Å²) in [6.07, 6.45) is 3.13. The van der Waals surface area contributed by atoms with Gasteiger partial charge in [-0.25, -0.2) is 0 Å². The molecule has 2 heterocycles. The van der Waals surface area contributed by atoms with Gasteiger partial charge in [0.25, 0.3) is 11.5 Å². The van der Waals surface area contributed by atoms with Gasteiger partial charge in [-0.05, 0) is 42.6 Å². The first kappa shape index (κ1) is 13.1. The Labute approximate surface area is 120 Å². The molecule has 0 saturated carbocycles. The number of fused-ring (bicyclic) bond motifs is 1. The maximum Gasteiger partial charge on any atom is 0.255 e. The lowest BCUT2D eigenvalue weighted by Crippen LogP contribution is -2.12. The molecule has 0 fully saturated rings. The van der Waals surface area contributed by atoms with E-state index in [1.807, 2.05) is 12.1 Å². The van der Waals surface area contributed by atoms with Crippen molar-refractivity contribution in [1.82, 2.24) is 9.97 Å². The normalized spacial score (nSPS) is 10.5. The number of carbonyl (C=O) groups excluding carboxylic acids is 1. The zero-order valence-electron chi connectivity index (χ0n) is 11.4. The molecule has 104 valence electrons. The molecule has 0 saturated heterocycles. The largest absolute Gasteiger partial charge is 0.322 e. The molecule has 0 aliphatic rings. The molecule has 5 heteroatoms. The van der Waals surface area contributed by atoms with E-state index in [1.165, 1.54) is 0 Å². The van der Waals surface area contributed by atoms with E-state index in [0.717, 1.165) is 5.39 Å². The van der Waals surface area contributed by atoms with Crippen molar-refractivity contribution in [3.8, 4) is 0 Å². The highest BCUT2D eigenvalue weighted by Gasteiger charge is 2.06. The number of benzene rings is 1. The van der Waals surface area contributed by atoms with Gasteiger partial charge in [-0.3, -0.25) is 14.6 Å². The summed E-state index contributed by atoms with van der Waals surface area (Å²) in [5, 5.41) is 3.72. The highest BCUT2D eigenvalue weighted by molar-refractivity contribution is 6.04. The number of amides is 1. The van der Waals surface area contributed by atoms with Crippen LogP contribution in [0.1, 0.15) is 15.9 Å². The Kier molecular flexibility index (Phi) is 3.23. The minimum absolute atomic E-state index is 0.125. The fourth-order valence-corrected chi connectivity index (χ4v) is 2.09. The third-order valence-electron chi connectivity index (χ3n) is 3.23. The number of aryl methyl sites for hydroxylation is 1. The summed E-state index contributed by atoms with van der Waals surface area (Å²) in [6.45, 7) is 1.76. The van der Waals surface area contributed by atoms with E-state index in [2.05, 4.69) is 15.3 Å². The minimum Gasteiger partial charge on any atom is -0.322 e. The first-order valence-corrected chi connectivity index (χ1v) is 6.48. The molecule has 3 aromatic rings. The Morgan fingerprint density at radius 1 is 1.14 bits per heavy atom. The van der Waals surface area contributed by atoms with Crippen molar-refractivity contribution in [2.45, 2.75) is 6.92 Å². The van der Waals surface area contributed by atoms with Crippen LogP contribution in [0.5, 0.6) is 0 Å². The van der Waals surface area contributed by atoms with Gasteiger partial charge in [0.05, 0.1) is 5.52 Å². The number of anilines is 1. The van der Waals surface area contributed by atoms with E-state index in [4.69, 9.17) is 0 Å². The Morgan fingerprint density at radius 2 is 1.90 bits per heavy atom. The molecule has 3 rings (SSSR count). The summed E-state index contributed by atoms with van der Waals surface area (Å²) in [6, 6.07) is 10.5. The van der Waals surface area contributed by atoms with Crippen LogP contribution in [0.25, 0.3) is 10.9 Å². The number of carbonyl (C=O) groups is 1. The second-order valence-electron chi connectivity index (χ2n) is 4.77. The Morgan fingerprint density at radius 3 is 2.67 bits per heavy atom. The van der Waals surface area contributed by atoms with Crippen LogP contribution in [-0.2, 0) is 0 Å². The van der Waals surface area contributed by atoms with Crippen molar-refractivity contribution in [1.29, 1.82) is 0 Å². The lowest BCUT2D eigenvalue weighted by Gasteiger charge is -2.07. The molecule has 1 amide bonds. The first-order valence-electron chi connectivity index (χ1n) is 6.48. The lowest BCUT2D eigenvalue weighted by atomic mass is 10.1. The van der Waals surface area contributed by atoms with Crippen molar-refractivity contribution in [2.24, 2.45) is 0 Å². The number of H-pyrrole nitrogens is 1. The molecule has 2 aromatic heterocycles. The van der Waals surface area contributed by atoms with Crippen molar-refractivity contribution in [3.05, 3.63) is 70.3 Å². The molecule has 0 bridgehead atoms. The molecule has 0 atom stereocenters. The van der Waals surface area contributed by atoms with Gasteiger partial charge in [-0.2, -0.15) is 0 Å². The van der Waals surface area contributed by atoms with Crippen LogP contribution in [0.4, 0.5) is 5.69 Å². The number of aromatic amines is 1. The summed E-state index contributed by atoms with van der Waals surface area (Å²) in [5.74, 6) is -0.216. The third kappa shape index (κ3) is 2.67. The summed E-state index contributed by atoms with van der Waals surface area (Å²) >= 11 is 0. The van der Waals surface area contributed by atoms with Gasteiger partial charge in [-0.15, -0.1) is 0 Å². The van der Waals surface area contributed by atoms with E-state index < -0.39 is 0 Å². The number of aromatic nitrogens is 2. The van der Waals surface area contributed by atoms with E-state index >= 15 is 0 Å². The average molecular weight is 279 g/mol. The van der Waals surface area contributed by atoms with Gasteiger partial charge in [0, 0.05) is 29.2 Å². The van der Waals surface area contributed by atoms with Crippen molar-refractivity contribution in [3.63, 3.8) is 0 Å². The molecular formula is C16H13N3O2. The fraction of sp³-hybridized carbons (Fsp3) is 0.0625. The highest BCUT2D eigenvalue weighted by Crippen LogP contribution is 2.17. The number of pyridine rings is 2. The zero-order valence-corrected chi connectivity index (χ0v) is 11.4. The average Bonchev–Trinajstić information content (AvgIpc) is 2.49. The van der Waals surface area contributed by atoms with E-state index in [-0.39, 0.29) is 11.5 Å². The van der Waals surface area contributed by atoms with Crippen LogP contribution >= 0.6 is 0 Å². The van der Waals surface area contributed by atoms with Gasteiger partial charge in [0.15, 0.2) is 0 Å². The Bertz CT molecular complexity index is 870. The van der Waals surface area contributed by atoms with Gasteiger partial charge in [0.1, 0.15) is 0 Å². The second-order valence-corrected chi connectivity index (χ2v) is 4.77. The lowest BCUT2D eigenvalue weighted by molar-refractivity contribution is 0.102. The monoisotopic (exact) mass is 279 g/mol. The SMILES string of the molecule is Cc1cc2ccc(NC(=O)c3ccncc3)cc2[nH]c1=O. The molecule has 0 unspecified atom stereocenters. The maximum atomic E-state index is 12.1. The predicted octanol–water partition coefficient (Wildman–Crippen LogP) is 2.48. The maximum absolute atomic E-state index is 12.1. The number of rotatable bonds is 2. The standard InChI is InChI=1S/C16H13N3O2/c1-10-8-12-2-3-13(9-14(12)19-15(10)20)18-16(21)11-4-6-17-7-5-11/h2-9H,1H3,(H,18,21)(H,19,20). The number of hydrogen-bond acceptors (Lipinski definition) is 3. The summed E-state index contributed by atoms with van der Waals surface area (Å²) < 4.78 is 0. The quantitative estimate of drug-likeness (QED) is 0.756. The van der Waals surface area contributed by atoms with Crippen LogP contribution in [0, 0.1) is 6.92 Å². The number of nitrogens with zero attached hydrogens (tertiary/aromatic N) is 1. The van der Waals surface area contributed by atoms with Crippen LogP contribution in [0.3, 0.4) is 0 Å². The fourth-order valence-electron chi connectivity index (χ4n) is 2.09. The molecule has 1 aromatic carbocycles. The first-order chi connectivity index (χ1) is 10.1. The van der Waals surface area contributed by atoms with E-state index in [9.17, 15) is 9.59 Å². The molecule has 21 heavy (non-hydrogen) atoms. The van der Waals surface area contributed by atoms with Crippen LogP contribution in [0.2, 0.25) is 0 Å². The zero-order chi connectivity index (χ0) is 14.8. The number of nitrogens with one attached hydrogen (secondary N) is 2. The molecule has 0 radical (unpaired) electrons. The van der Waals surface area contributed by atoms with Crippen molar-refractivity contribution in [2.75, 3.05) is 5.32 Å². The minimum atomic E-state index is -0.216. The van der Waals surface area contributed by atoms with Crippen molar-refractivity contribution < 1.29 is 4.79 Å². The third-order valence-corrected chi connectivity index (χ3v) is 3.23. The van der Waals surface area contributed by atoms with Gasteiger partial charge < -0.3 is 10.3 Å². The molecule has 0 spiro atoms. The van der Waals surface area contributed by atoms with E-state index in [0.29, 0.717) is 22.3 Å². The van der Waals surface area contributed by atoms with Crippen molar-refractivity contribution >= 4 is 22.5 Å². The summed E-state index contributed by atoms with van der Waals surface area (Å²) in [5.41, 5.74) is 2.39. The smallest absolute Gasteiger partial charge is 0.255 e. The molecule has 5 nitrogen and oxygen atoms in total. The Hall–Kier alpha value is -2.95. The second kappa shape index (κ2) is 5.20. The summed E-state index contributed by atoms with van der Waals surface area (Å²) in [7, 11) is 0. The molecule has 0 aliphatic carbocycles. The van der Waals surface area contributed by atoms with Gasteiger partial charge in [-0.1, -0.05) is 6.07 Å². The summed E-state index contributed by atoms with van der Waals surface area (Å²) in [4.78, 5) is 30.4. The van der Waals surface area contributed by atoms with Crippen LogP contribution < -0.4 is 10.9 Å². The highest BCUT2D eigenvalue weighted by atomic mass is 16.1. The number of hydrogen-bond donors (Lipinski definition) is 2. The van der Waals surface area contributed by atoms with Gasteiger partial charge in [0.2, 0.25) is 0 Å². The van der Waals surface area contributed by atoms with Crippen LogP contribution in [0.15, 0.2) is 53.6 Å². The Balaban J connectivity index is 1.93. The predicted molar refractivity (Wildman–Crippen MR) is 81.5 cm³/mol. The molecule has 2 N–H and O–H groups in total.